The molecule has 6 N–H and O–H groups in total. The fourth-order valence-electron chi connectivity index (χ4n) is 10.4. The first-order valence-corrected chi connectivity index (χ1v) is 27.4. The van der Waals surface area contributed by atoms with E-state index in [1.54, 1.807) is 95.3 Å². The average molecular weight is 1110 g/mol. The van der Waals surface area contributed by atoms with Gasteiger partial charge in [-0.05, 0) is 59.6 Å². The molecule has 2 aromatic rings. The average Bonchev–Trinajstić information content (AvgIpc) is 3.93. The summed E-state index contributed by atoms with van der Waals surface area (Å²) in [7, 11) is -3.80. The van der Waals surface area contributed by atoms with Crippen LogP contribution in [0.15, 0.2) is 60.7 Å². The van der Waals surface area contributed by atoms with Crippen molar-refractivity contribution < 1.29 is 75.7 Å². The summed E-state index contributed by atoms with van der Waals surface area (Å²) in [5, 5.41) is 15.2. The smallest absolute Gasteiger partial charge is 0.333 e. The number of benzene rings is 2. The number of hydrogen-bond donors (Lipinski definition) is 5. The fourth-order valence-corrected chi connectivity index (χ4v) is 15.8. The van der Waals surface area contributed by atoms with Gasteiger partial charge >= 0.3 is 35.8 Å². The Labute approximate surface area is 444 Å². The minimum absolute atomic E-state index is 0.0200. The molecule has 0 saturated carbocycles. The van der Waals surface area contributed by atoms with Crippen LogP contribution in [0, 0.1) is 0 Å². The van der Waals surface area contributed by atoms with Gasteiger partial charge in [0.15, 0.2) is 9.84 Å². The van der Waals surface area contributed by atoms with Crippen molar-refractivity contribution in [3.8, 4) is 0 Å². The van der Waals surface area contributed by atoms with E-state index in [1.807, 2.05) is 0 Å². The van der Waals surface area contributed by atoms with Crippen molar-refractivity contribution in [1.29, 1.82) is 0 Å². The van der Waals surface area contributed by atoms with E-state index in [0.717, 1.165) is 9.80 Å². The fraction of sp³-hybridized carbons (Fsp3) is 0.521. The van der Waals surface area contributed by atoms with Gasteiger partial charge in [-0.2, -0.15) is 0 Å². The lowest BCUT2D eigenvalue weighted by Gasteiger charge is -2.44. The van der Waals surface area contributed by atoms with Crippen molar-refractivity contribution >= 4 is 98.7 Å². The molecule has 0 aromatic heterocycles. The minimum atomic E-state index is -3.80. The highest BCUT2D eigenvalue weighted by Gasteiger charge is 2.69. The number of aliphatic carboxylic acids is 1. The van der Waals surface area contributed by atoms with Crippen LogP contribution in [0.2, 0.25) is 0 Å². The molecule has 7 saturated heterocycles. The predicted octanol–water partition coefficient (Wildman–Crippen LogP) is -0.829. The standard InChI is InChI=1S/C25H30N4O9S2.C23H27N5O7S/c1-24(2)17(29-20(32)16(21(29)39-24)27-19(31)15(26)12-8-6-5-7-9-12)22(33)37-11-38-23(34)18-25(3,4)40(35,36)14-10-13(30)28(14)18;1-4-26-10-11-27(19(32)18(26)31)22(35)25-13(12-8-6-5-7-9-12)16(29)24-14-17(30)28-15(21(33)34)23(2,3)36-20(14)28/h5-9,14-18,21H,10-11,26H2,1-4H3,(H,27,31);5-9,13-15,20H,4,10-11H2,1-3H3,(H,24,29)(H,25,35)(H,33,34)/t14-,15-,16-,17+,18+,21-;13-,14-,15+,20-/m11/s1. The van der Waals surface area contributed by atoms with E-state index in [-0.39, 0.29) is 19.5 Å². The molecule has 76 heavy (non-hydrogen) atoms. The second kappa shape index (κ2) is 20.3. The van der Waals surface area contributed by atoms with Crippen LogP contribution in [-0.2, 0) is 67.3 Å². The Hall–Kier alpha value is -6.78. The third-order valence-electron chi connectivity index (χ3n) is 14.6. The molecule has 7 aliphatic rings. The zero-order valence-corrected chi connectivity index (χ0v) is 44.6. The number of carboxylic acid groups (broad SMARTS) is 1. The van der Waals surface area contributed by atoms with Crippen molar-refractivity contribution in [3.63, 3.8) is 0 Å². The highest BCUT2D eigenvalue weighted by Crippen LogP contribution is 2.52. The molecule has 2 aromatic carbocycles. The number of carbonyl (C=O) groups is 11. The molecule has 7 heterocycles. The van der Waals surface area contributed by atoms with Crippen LogP contribution < -0.4 is 21.7 Å². The van der Waals surface area contributed by atoms with E-state index in [4.69, 9.17) is 15.2 Å². The predicted molar refractivity (Wildman–Crippen MR) is 268 cm³/mol. The lowest BCUT2D eigenvalue weighted by Crippen LogP contribution is -2.71. The normalized spacial score (nSPS) is 28.6. The maximum Gasteiger partial charge on any atom is 0.333 e. The summed E-state index contributed by atoms with van der Waals surface area (Å²) in [5.41, 5.74) is 7.04. The molecule has 10 atom stereocenters. The third kappa shape index (κ3) is 9.39. The topological polar surface area (TPSA) is 339 Å². The molecular formula is C48H57N9O16S3. The summed E-state index contributed by atoms with van der Waals surface area (Å²) < 4.78 is 32.5. The Kier molecular flexibility index (Phi) is 14.8. The summed E-state index contributed by atoms with van der Waals surface area (Å²) in [6.45, 7) is 11.0. The molecule has 0 spiro atoms. The van der Waals surface area contributed by atoms with Gasteiger partial charge in [0, 0.05) is 29.1 Å². The number of nitrogens with one attached hydrogen (secondary N) is 3. The first-order chi connectivity index (χ1) is 35.6. The highest BCUT2D eigenvalue weighted by atomic mass is 32.2. The summed E-state index contributed by atoms with van der Waals surface area (Å²) in [6.07, 6.45) is -0.191. The number of nitrogens with two attached hydrogens (primary N) is 1. The number of sulfone groups is 1. The molecule has 7 fully saturated rings. The number of urea groups is 1. The van der Waals surface area contributed by atoms with Crippen LogP contribution in [0.1, 0.15) is 78.1 Å². The maximum absolute atomic E-state index is 13.3. The van der Waals surface area contributed by atoms with Gasteiger partial charge in [-0.25, -0.2) is 27.6 Å². The number of nitrogens with zero attached hydrogens (tertiary/aromatic N) is 5. The van der Waals surface area contributed by atoms with E-state index in [2.05, 4.69) is 16.0 Å². The number of rotatable bonds is 13. The van der Waals surface area contributed by atoms with E-state index < -0.39 is 155 Å². The number of hydrogen-bond acceptors (Lipinski definition) is 18. The van der Waals surface area contributed by atoms with E-state index in [1.165, 1.54) is 52.1 Å². The van der Waals surface area contributed by atoms with E-state index >= 15 is 0 Å². The molecule has 408 valence electrons. The second-order valence-electron chi connectivity index (χ2n) is 20.4. The van der Waals surface area contributed by atoms with Crippen LogP contribution in [0.5, 0.6) is 0 Å². The van der Waals surface area contributed by atoms with Crippen molar-refractivity contribution in [2.45, 2.75) is 128 Å². The number of imide groups is 1. The van der Waals surface area contributed by atoms with Gasteiger partial charge in [0.05, 0.1) is 11.2 Å². The molecule has 7 aliphatic heterocycles. The molecule has 28 heteroatoms. The molecule has 9 amide bonds. The molecular weight excluding hydrogens is 1050 g/mol. The van der Waals surface area contributed by atoms with E-state index in [0.29, 0.717) is 17.7 Å². The lowest BCUT2D eigenvalue weighted by atomic mass is 9.95. The van der Waals surface area contributed by atoms with Gasteiger partial charge in [0.25, 0.3) is 0 Å². The molecule has 0 aliphatic carbocycles. The lowest BCUT2D eigenvalue weighted by molar-refractivity contribution is -0.181. The molecule has 0 bridgehead atoms. The number of thioether (sulfide) groups is 2. The molecule has 9 rings (SSSR count). The Morgan fingerprint density at radius 1 is 0.711 bits per heavy atom. The SMILES string of the molecule is CC1(C)S[C@@H]2[C@H](NC(=O)[C@H](N)c3ccccc3)C(=O)N2[C@H]1C(=O)OCOC(=O)[C@@H]1N2C(=O)C[C@H]2S(=O)(=O)C1(C)C.CCN1CCN(C(=O)N[C@@H](C(=O)N[C@@H]2C(=O)N3[C@@H]2SC(C)(C)[C@@H]3C(=O)O)c2ccccc2)C(=O)C1=O. The number of fused-ring (bicyclic) bond motifs is 3. The van der Waals surface area contributed by atoms with Crippen LogP contribution in [-0.4, -0.2) is 190 Å². The largest absolute Gasteiger partial charge is 0.480 e. The zero-order chi connectivity index (χ0) is 55.7. The molecule has 25 nitrogen and oxygen atoms in total. The number of carbonyl (C=O) groups excluding carboxylic acids is 10. The van der Waals surface area contributed by atoms with Gasteiger partial charge in [-0.3, -0.25) is 38.5 Å². The minimum Gasteiger partial charge on any atom is -0.480 e. The Bertz CT molecular complexity index is 2910. The number of ether oxygens (including phenoxy) is 2. The Morgan fingerprint density at radius 2 is 1.21 bits per heavy atom. The number of esters is 2. The summed E-state index contributed by atoms with van der Waals surface area (Å²) in [6, 6.07) is 8.56. The quantitative estimate of drug-likeness (QED) is 0.0707. The van der Waals surface area contributed by atoms with Crippen LogP contribution in [0.4, 0.5) is 4.79 Å². The van der Waals surface area contributed by atoms with Gasteiger partial charge in [0.2, 0.25) is 36.3 Å². The highest BCUT2D eigenvalue weighted by molar-refractivity contribution is 8.02. The maximum atomic E-state index is 13.3. The number of amides is 9. The van der Waals surface area contributed by atoms with Crippen LogP contribution in [0.3, 0.4) is 0 Å². The van der Waals surface area contributed by atoms with Gasteiger partial charge in [-0.1, -0.05) is 60.7 Å². The van der Waals surface area contributed by atoms with Gasteiger partial charge in [-0.15, -0.1) is 23.5 Å². The summed E-state index contributed by atoms with van der Waals surface area (Å²) in [4.78, 5) is 145. The first kappa shape index (κ1) is 55.5. The third-order valence-corrected chi connectivity index (χ3v) is 20.5. The Balaban J connectivity index is 0.000000203. The zero-order valence-electron chi connectivity index (χ0n) is 42.2. The first-order valence-electron chi connectivity index (χ1n) is 24.1. The summed E-state index contributed by atoms with van der Waals surface area (Å²) >= 11 is 2.60. The van der Waals surface area contributed by atoms with E-state index in [9.17, 15) is 66.3 Å². The Morgan fingerprint density at radius 3 is 1.74 bits per heavy atom. The number of piperazine rings is 1. The van der Waals surface area contributed by atoms with Gasteiger partial charge < -0.3 is 55.9 Å². The van der Waals surface area contributed by atoms with Crippen molar-refractivity contribution in [2.24, 2.45) is 5.73 Å². The van der Waals surface area contributed by atoms with Crippen LogP contribution >= 0.6 is 23.5 Å². The van der Waals surface area contributed by atoms with Crippen LogP contribution in [0.25, 0.3) is 0 Å². The van der Waals surface area contributed by atoms with Crippen molar-refractivity contribution in [3.05, 3.63) is 71.8 Å². The second-order valence-corrected chi connectivity index (χ2v) is 26.6. The number of β-lactam (4-membered cyclic amide) rings is 3. The number of carboxylic acids is 1. The van der Waals surface area contributed by atoms with Gasteiger partial charge in [0.1, 0.15) is 58.4 Å². The molecule has 0 unspecified atom stereocenters. The molecule has 0 radical (unpaired) electrons. The number of likely N-dealkylation sites (N-methyl/N-ethyl adjacent to an activating group) is 1. The van der Waals surface area contributed by atoms with Crippen molar-refractivity contribution in [2.75, 3.05) is 26.4 Å². The van der Waals surface area contributed by atoms with Crippen molar-refractivity contribution in [1.82, 2.24) is 40.4 Å². The summed E-state index contributed by atoms with van der Waals surface area (Å²) in [5.74, 6) is -7.44. The monoisotopic (exact) mass is 1110 g/mol.